The summed E-state index contributed by atoms with van der Waals surface area (Å²) in [5.74, 6) is 0.738. The van der Waals surface area contributed by atoms with Crippen molar-refractivity contribution in [3.63, 3.8) is 0 Å². The SMILES string of the molecule is Nc1ccc(CCc2nn[nH]n2)cc1. The number of nitrogen functional groups attached to an aromatic ring is 1. The number of hydrogen-bond acceptors (Lipinski definition) is 4. The maximum atomic E-state index is 5.58. The average Bonchev–Trinajstić information content (AvgIpc) is 2.70. The lowest BCUT2D eigenvalue weighted by Gasteiger charge is -1.98. The molecular formula is C9H11N5. The number of tetrazole rings is 1. The van der Waals surface area contributed by atoms with Gasteiger partial charge in [0, 0.05) is 12.1 Å². The van der Waals surface area contributed by atoms with Gasteiger partial charge < -0.3 is 5.73 Å². The molecule has 5 heteroatoms. The van der Waals surface area contributed by atoms with Gasteiger partial charge >= 0.3 is 0 Å². The van der Waals surface area contributed by atoms with E-state index >= 15 is 0 Å². The molecule has 0 amide bonds. The van der Waals surface area contributed by atoms with Crippen LogP contribution in [0.2, 0.25) is 0 Å². The summed E-state index contributed by atoms with van der Waals surface area (Å²) in [6.45, 7) is 0. The van der Waals surface area contributed by atoms with E-state index in [-0.39, 0.29) is 0 Å². The predicted molar refractivity (Wildman–Crippen MR) is 52.4 cm³/mol. The van der Waals surface area contributed by atoms with Gasteiger partial charge in [-0.15, -0.1) is 10.2 Å². The van der Waals surface area contributed by atoms with Crippen LogP contribution in [0.3, 0.4) is 0 Å². The number of nitrogens with zero attached hydrogens (tertiary/aromatic N) is 3. The number of rotatable bonds is 3. The second-order valence-electron chi connectivity index (χ2n) is 3.07. The highest BCUT2D eigenvalue weighted by atomic mass is 15.5. The van der Waals surface area contributed by atoms with Gasteiger partial charge in [0.05, 0.1) is 0 Å². The number of anilines is 1. The maximum Gasteiger partial charge on any atom is 0.174 e. The van der Waals surface area contributed by atoms with Gasteiger partial charge in [-0.3, -0.25) is 0 Å². The molecule has 1 aromatic carbocycles. The van der Waals surface area contributed by atoms with Gasteiger partial charge in [-0.25, -0.2) is 0 Å². The highest BCUT2D eigenvalue weighted by molar-refractivity contribution is 5.39. The van der Waals surface area contributed by atoms with Gasteiger partial charge in [0.25, 0.3) is 0 Å². The minimum atomic E-state index is 0.738. The molecule has 0 fully saturated rings. The van der Waals surface area contributed by atoms with Crippen molar-refractivity contribution in [1.82, 2.24) is 20.6 Å². The Morgan fingerprint density at radius 1 is 1.14 bits per heavy atom. The van der Waals surface area contributed by atoms with Crippen molar-refractivity contribution in [2.24, 2.45) is 0 Å². The van der Waals surface area contributed by atoms with Crippen molar-refractivity contribution in [3.8, 4) is 0 Å². The third-order valence-electron chi connectivity index (χ3n) is 2.01. The molecule has 1 aromatic heterocycles. The van der Waals surface area contributed by atoms with Crippen molar-refractivity contribution in [2.75, 3.05) is 5.73 Å². The van der Waals surface area contributed by atoms with E-state index in [0.717, 1.165) is 24.4 Å². The Morgan fingerprint density at radius 2 is 1.93 bits per heavy atom. The molecule has 0 aliphatic heterocycles. The van der Waals surface area contributed by atoms with Crippen LogP contribution in [0, 0.1) is 0 Å². The highest BCUT2D eigenvalue weighted by Gasteiger charge is 1.98. The van der Waals surface area contributed by atoms with Crippen molar-refractivity contribution in [3.05, 3.63) is 35.7 Å². The molecule has 0 radical (unpaired) electrons. The Morgan fingerprint density at radius 3 is 2.57 bits per heavy atom. The fraction of sp³-hybridized carbons (Fsp3) is 0.222. The van der Waals surface area contributed by atoms with Gasteiger partial charge in [0.15, 0.2) is 5.82 Å². The Bertz CT molecular complexity index is 378. The van der Waals surface area contributed by atoms with E-state index in [4.69, 9.17) is 5.73 Å². The Balaban J connectivity index is 1.95. The molecule has 14 heavy (non-hydrogen) atoms. The first-order valence-electron chi connectivity index (χ1n) is 4.41. The molecule has 0 atom stereocenters. The summed E-state index contributed by atoms with van der Waals surface area (Å²) in [6, 6.07) is 7.81. The minimum absolute atomic E-state index is 0.738. The second-order valence-corrected chi connectivity index (χ2v) is 3.07. The minimum Gasteiger partial charge on any atom is -0.399 e. The first-order chi connectivity index (χ1) is 6.84. The lowest BCUT2D eigenvalue weighted by molar-refractivity contribution is 0.864. The number of H-pyrrole nitrogens is 1. The van der Waals surface area contributed by atoms with Crippen molar-refractivity contribution in [2.45, 2.75) is 12.8 Å². The lowest BCUT2D eigenvalue weighted by atomic mass is 10.1. The topological polar surface area (TPSA) is 80.5 Å². The number of aryl methyl sites for hydroxylation is 2. The molecule has 72 valence electrons. The van der Waals surface area contributed by atoms with Crippen LogP contribution in [-0.4, -0.2) is 20.6 Å². The maximum absolute atomic E-state index is 5.58. The molecule has 5 nitrogen and oxygen atoms in total. The van der Waals surface area contributed by atoms with E-state index in [2.05, 4.69) is 20.6 Å². The molecule has 0 unspecified atom stereocenters. The van der Waals surface area contributed by atoms with Crippen LogP contribution >= 0.6 is 0 Å². The van der Waals surface area contributed by atoms with Crippen LogP contribution in [-0.2, 0) is 12.8 Å². The lowest BCUT2D eigenvalue weighted by Crippen LogP contribution is -1.94. The molecule has 2 rings (SSSR count). The molecular weight excluding hydrogens is 178 g/mol. The number of nitrogens with two attached hydrogens (primary N) is 1. The molecule has 0 saturated carbocycles. The Hall–Kier alpha value is -1.91. The molecule has 0 saturated heterocycles. The number of nitrogens with one attached hydrogen (secondary N) is 1. The molecule has 1 heterocycles. The quantitative estimate of drug-likeness (QED) is 0.691. The Kier molecular flexibility index (Phi) is 2.40. The first kappa shape index (κ1) is 8.68. The summed E-state index contributed by atoms with van der Waals surface area (Å²) in [5.41, 5.74) is 7.59. The largest absolute Gasteiger partial charge is 0.399 e. The monoisotopic (exact) mass is 189 g/mol. The van der Waals surface area contributed by atoms with Crippen LogP contribution in [0.25, 0.3) is 0 Å². The molecule has 0 aliphatic carbocycles. The molecule has 2 aromatic rings. The van der Waals surface area contributed by atoms with E-state index in [0.29, 0.717) is 0 Å². The van der Waals surface area contributed by atoms with E-state index < -0.39 is 0 Å². The number of benzene rings is 1. The smallest absolute Gasteiger partial charge is 0.174 e. The molecule has 0 spiro atoms. The van der Waals surface area contributed by atoms with Crippen LogP contribution in [0.1, 0.15) is 11.4 Å². The predicted octanol–water partition coefficient (Wildman–Crippen LogP) is 0.567. The number of aromatic nitrogens is 4. The summed E-state index contributed by atoms with van der Waals surface area (Å²) in [5, 5.41) is 13.7. The average molecular weight is 189 g/mol. The molecule has 0 bridgehead atoms. The first-order valence-corrected chi connectivity index (χ1v) is 4.41. The normalized spacial score (nSPS) is 10.3. The van der Waals surface area contributed by atoms with Crippen LogP contribution < -0.4 is 5.73 Å². The second kappa shape index (κ2) is 3.87. The fourth-order valence-electron chi connectivity index (χ4n) is 1.23. The van der Waals surface area contributed by atoms with Gasteiger partial charge in [-0.1, -0.05) is 17.3 Å². The molecule has 0 aliphatic rings. The van der Waals surface area contributed by atoms with Gasteiger partial charge in [-0.05, 0) is 24.1 Å². The molecule has 3 N–H and O–H groups in total. The zero-order valence-electron chi connectivity index (χ0n) is 7.64. The zero-order valence-corrected chi connectivity index (χ0v) is 7.64. The van der Waals surface area contributed by atoms with Crippen LogP contribution in [0.15, 0.2) is 24.3 Å². The third kappa shape index (κ3) is 2.07. The standard InChI is InChI=1S/C9H11N5/c10-8-4-1-7(2-5-8)3-6-9-11-13-14-12-9/h1-2,4-5H,3,6,10H2,(H,11,12,13,14). The highest BCUT2D eigenvalue weighted by Crippen LogP contribution is 2.07. The Labute approximate surface area is 81.3 Å². The summed E-state index contributed by atoms with van der Waals surface area (Å²) < 4.78 is 0. The van der Waals surface area contributed by atoms with Crippen molar-refractivity contribution >= 4 is 5.69 Å². The number of aromatic amines is 1. The summed E-state index contributed by atoms with van der Waals surface area (Å²) in [6.07, 6.45) is 1.69. The zero-order chi connectivity index (χ0) is 9.80. The van der Waals surface area contributed by atoms with E-state index in [1.165, 1.54) is 5.56 Å². The summed E-state index contributed by atoms with van der Waals surface area (Å²) in [7, 11) is 0. The van der Waals surface area contributed by atoms with E-state index in [1.807, 2.05) is 24.3 Å². The summed E-state index contributed by atoms with van der Waals surface area (Å²) >= 11 is 0. The van der Waals surface area contributed by atoms with Crippen molar-refractivity contribution in [1.29, 1.82) is 0 Å². The fourth-order valence-corrected chi connectivity index (χ4v) is 1.23. The van der Waals surface area contributed by atoms with Crippen LogP contribution in [0.4, 0.5) is 5.69 Å². The number of hydrogen-bond donors (Lipinski definition) is 2. The van der Waals surface area contributed by atoms with E-state index in [1.54, 1.807) is 0 Å². The summed E-state index contributed by atoms with van der Waals surface area (Å²) in [4.78, 5) is 0. The van der Waals surface area contributed by atoms with Gasteiger partial charge in [0.2, 0.25) is 0 Å². The van der Waals surface area contributed by atoms with Gasteiger partial charge in [-0.2, -0.15) is 5.21 Å². The van der Waals surface area contributed by atoms with Gasteiger partial charge in [0.1, 0.15) is 0 Å². The third-order valence-corrected chi connectivity index (χ3v) is 2.01. The van der Waals surface area contributed by atoms with Crippen LogP contribution in [0.5, 0.6) is 0 Å². The van der Waals surface area contributed by atoms with Crippen molar-refractivity contribution < 1.29 is 0 Å². The van der Waals surface area contributed by atoms with E-state index in [9.17, 15) is 0 Å².